The normalized spacial score (nSPS) is 12.8. The van der Waals surface area contributed by atoms with Gasteiger partial charge >= 0.3 is 0 Å². The molecule has 1 unspecified atom stereocenters. The lowest BCUT2D eigenvalue weighted by Gasteiger charge is -2.13. The molecule has 0 aromatic heterocycles. The lowest BCUT2D eigenvalue weighted by molar-refractivity contribution is 0.555. The Labute approximate surface area is 99.1 Å². The van der Waals surface area contributed by atoms with Crippen molar-refractivity contribution in [1.82, 2.24) is 0 Å². The second-order valence-electron chi connectivity index (χ2n) is 5.13. The van der Waals surface area contributed by atoms with Gasteiger partial charge in [-0.2, -0.15) is 5.26 Å². The van der Waals surface area contributed by atoms with E-state index >= 15 is 0 Å². The van der Waals surface area contributed by atoms with Crippen LogP contribution in [0.4, 0.5) is 0 Å². The van der Waals surface area contributed by atoms with Gasteiger partial charge in [-0.15, -0.1) is 0 Å². The highest BCUT2D eigenvalue weighted by Crippen LogP contribution is 2.24. The molecule has 86 valence electrons. The molecule has 1 heteroatoms. The Morgan fingerprint density at radius 1 is 1.00 bits per heavy atom. The average molecular weight is 215 g/mol. The molecule has 0 spiro atoms. The molecule has 0 radical (unpaired) electrons. The Hall–Kier alpha value is -1.29. The molecule has 0 saturated heterocycles. The first kappa shape index (κ1) is 12.8. The Morgan fingerprint density at radius 2 is 1.50 bits per heavy atom. The molecule has 0 aliphatic rings. The predicted molar refractivity (Wildman–Crippen MR) is 68.3 cm³/mol. The van der Waals surface area contributed by atoms with Crippen molar-refractivity contribution in [3.05, 3.63) is 35.4 Å². The maximum Gasteiger partial charge on any atom is 0.0715 e. The van der Waals surface area contributed by atoms with Crippen LogP contribution < -0.4 is 0 Å². The summed E-state index contributed by atoms with van der Waals surface area (Å²) in [6.07, 6.45) is 0.942. The zero-order valence-electron chi connectivity index (χ0n) is 10.7. The van der Waals surface area contributed by atoms with Crippen LogP contribution in [0.5, 0.6) is 0 Å². The third-order valence-electron chi connectivity index (χ3n) is 2.87. The summed E-state index contributed by atoms with van der Waals surface area (Å²) >= 11 is 0. The van der Waals surface area contributed by atoms with Crippen LogP contribution in [0, 0.1) is 17.2 Å². The van der Waals surface area contributed by atoms with E-state index in [0.717, 1.165) is 12.0 Å². The van der Waals surface area contributed by atoms with Crippen LogP contribution in [0.25, 0.3) is 0 Å². The maximum absolute atomic E-state index is 9.16. The summed E-state index contributed by atoms with van der Waals surface area (Å²) in [5.41, 5.74) is 2.49. The van der Waals surface area contributed by atoms with Gasteiger partial charge in [0.2, 0.25) is 0 Å². The topological polar surface area (TPSA) is 23.8 Å². The van der Waals surface area contributed by atoms with E-state index in [1.54, 1.807) is 0 Å². The van der Waals surface area contributed by atoms with E-state index in [2.05, 4.69) is 58.0 Å². The Balaban J connectivity index is 2.83. The van der Waals surface area contributed by atoms with Crippen LogP contribution in [0.15, 0.2) is 24.3 Å². The fraction of sp³-hybridized carbons (Fsp3) is 0.533. The van der Waals surface area contributed by atoms with Gasteiger partial charge in [-0.05, 0) is 29.4 Å². The van der Waals surface area contributed by atoms with E-state index in [9.17, 15) is 0 Å². The predicted octanol–water partition coefficient (Wildman–Crippen LogP) is 4.46. The molecule has 0 aliphatic carbocycles. The molecule has 1 aromatic carbocycles. The average Bonchev–Trinajstić information content (AvgIpc) is 2.25. The van der Waals surface area contributed by atoms with Crippen molar-refractivity contribution in [3.8, 4) is 6.07 Å². The second-order valence-corrected chi connectivity index (χ2v) is 5.13. The van der Waals surface area contributed by atoms with Gasteiger partial charge in [-0.1, -0.05) is 52.0 Å². The summed E-state index contributed by atoms with van der Waals surface area (Å²) in [5.74, 6) is 1.16. The minimum atomic E-state index is 0.0428. The minimum Gasteiger partial charge on any atom is -0.198 e. The van der Waals surface area contributed by atoms with Gasteiger partial charge in [0, 0.05) is 0 Å². The molecule has 0 bridgehead atoms. The Bertz CT molecular complexity index is 354. The van der Waals surface area contributed by atoms with Crippen molar-refractivity contribution < 1.29 is 0 Å². The third-order valence-corrected chi connectivity index (χ3v) is 2.87. The number of nitriles is 1. The lowest BCUT2D eigenvalue weighted by atomic mass is 9.90. The number of nitrogens with zero attached hydrogens (tertiary/aromatic N) is 1. The van der Waals surface area contributed by atoms with Crippen LogP contribution in [-0.4, -0.2) is 0 Å². The molecular formula is C15H21N. The van der Waals surface area contributed by atoms with Gasteiger partial charge in [-0.25, -0.2) is 0 Å². The van der Waals surface area contributed by atoms with Crippen molar-refractivity contribution in [2.45, 2.75) is 46.0 Å². The Morgan fingerprint density at radius 3 is 1.88 bits per heavy atom. The molecule has 0 amide bonds. The van der Waals surface area contributed by atoms with Gasteiger partial charge in [0.25, 0.3) is 0 Å². The van der Waals surface area contributed by atoms with Crippen LogP contribution in [-0.2, 0) is 0 Å². The SMILES string of the molecule is CC(C)CC(C#N)c1ccc(C(C)C)cc1. The van der Waals surface area contributed by atoms with E-state index in [0.29, 0.717) is 11.8 Å². The highest BCUT2D eigenvalue weighted by atomic mass is 14.3. The van der Waals surface area contributed by atoms with Crippen LogP contribution in [0.2, 0.25) is 0 Å². The first-order valence-electron chi connectivity index (χ1n) is 6.04. The summed E-state index contributed by atoms with van der Waals surface area (Å²) < 4.78 is 0. The largest absolute Gasteiger partial charge is 0.198 e. The number of rotatable bonds is 4. The Kier molecular flexibility index (Phi) is 4.55. The zero-order valence-corrected chi connectivity index (χ0v) is 10.7. The summed E-state index contributed by atoms with van der Waals surface area (Å²) in [6.45, 7) is 8.69. The number of hydrogen-bond donors (Lipinski definition) is 0. The molecule has 1 atom stereocenters. The molecule has 0 aliphatic heterocycles. The fourth-order valence-corrected chi connectivity index (χ4v) is 1.85. The molecular weight excluding hydrogens is 194 g/mol. The smallest absolute Gasteiger partial charge is 0.0715 e. The number of benzene rings is 1. The number of hydrogen-bond acceptors (Lipinski definition) is 1. The monoisotopic (exact) mass is 215 g/mol. The first-order valence-corrected chi connectivity index (χ1v) is 6.04. The third kappa shape index (κ3) is 3.38. The van der Waals surface area contributed by atoms with Crippen molar-refractivity contribution in [1.29, 1.82) is 5.26 Å². The van der Waals surface area contributed by atoms with E-state index in [4.69, 9.17) is 5.26 Å². The van der Waals surface area contributed by atoms with Crippen molar-refractivity contribution in [2.75, 3.05) is 0 Å². The molecule has 1 aromatic rings. The molecule has 0 fully saturated rings. The molecule has 1 rings (SSSR count). The molecule has 16 heavy (non-hydrogen) atoms. The van der Waals surface area contributed by atoms with Gasteiger partial charge in [0.05, 0.1) is 12.0 Å². The van der Waals surface area contributed by atoms with E-state index < -0.39 is 0 Å². The van der Waals surface area contributed by atoms with Crippen LogP contribution in [0.3, 0.4) is 0 Å². The highest BCUT2D eigenvalue weighted by molar-refractivity contribution is 5.30. The van der Waals surface area contributed by atoms with Gasteiger partial charge in [0.1, 0.15) is 0 Å². The summed E-state index contributed by atoms with van der Waals surface area (Å²) in [6, 6.07) is 10.9. The van der Waals surface area contributed by atoms with Gasteiger partial charge in [0.15, 0.2) is 0 Å². The molecule has 1 nitrogen and oxygen atoms in total. The minimum absolute atomic E-state index is 0.0428. The fourth-order valence-electron chi connectivity index (χ4n) is 1.85. The summed E-state index contributed by atoms with van der Waals surface area (Å²) in [7, 11) is 0. The van der Waals surface area contributed by atoms with E-state index in [1.165, 1.54) is 5.56 Å². The maximum atomic E-state index is 9.16. The van der Waals surface area contributed by atoms with Crippen LogP contribution in [0.1, 0.15) is 57.1 Å². The summed E-state index contributed by atoms with van der Waals surface area (Å²) in [4.78, 5) is 0. The quantitative estimate of drug-likeness (QED) is 0.727. The zero-order chi connectivity index (χ0) is 12.1. The molecule has 0 heterocycles. The van der Waals surface area contributed by atoms with E-state index in [1.807, 2.05) is 0 Å². The summed E-state index contributed by atoms with van der Waals surface area (Å²) in [5, 5.41) is 9.16. The molecule has 0 N–H and O–H groups in total. The highest BCUT2D eigenvalue weighted by Gasteiger charge is 2.12. The van der Waals surface area contributed by atoms with Crippen LogP contribution >= 0.6 is 0 Å². The van der Waals surface area contributed by atoms with E-state index in [-0.39, 0.29) is 5.92 Å². The van der Waals surface area contributed by atoms with Crippen molar-refractivity contribution in [2.24, 2.45) is 5.92 Å². The standard InChI is InChI=1S/C15H21N/c1-11(2)9-15(10-16)14-7-5-13(6-8-14)12(3)4/h5-8,11-12,15H,9H2,1-4H3. The first-order chi connectivity index (χ1) is 7.54. The van der Waals surface area contributed by atoms with Gasteiger partial charge < -0.3 is 0 Å². The van der Waals surface area contributed by atoms with Gasteiger partial charge in [-0.3, -0.25) is 0 Å². The second kappa shape index (κ2) is 5.70. The lowest BCUT2D eigenvalue weighted by Crippen LogP contribution is -2.01. The molecule has 0 saturated carbocycles. The van der Waals surface area contributed by atoms with Crippen molar-refractivity contribution in [3.63, 3.8) is 0 Å². The van der Waals surface area contributed by atoms with Crippen molar-refractivity contribution >= 4 is 0 Å².